The van der Waals surface area contributed by atoms with Crippen LogP contribution in [0.4, 0.5) is 10.5 Å². The molecular weight excluding hydrogens is 339 g/mol. The lowest BCUT2D eigenvalue weighted by molar-refractivity contribution is 0.0741. The number of nitrogens with zero attached hydrogens (tertiary/aromatic N) is 2. The Morgan fingerprint density at radius 1 is 1.39 bits per heavy atom. The average molecular weight is 359 g/mol. The van der Waals surface area contributed by atoms with Crippen molar-refractivity contribution >= 4 is 41.6 Å². The molecule has 2 aliphatic heterocycles. The van der Waals surface area contributed by atoms with E-state index in [-0.39, 0.29) is 30.4 Å². The van der Waals surface area contributed by atoms with Crippen molar-refractivity contribution in [1.29, 1.82) is 0 Å². The van der Waals surface area contributed by atoms with E-state index in [0.29, 0.717) is 35.9 Å². The maximum absolute atomic E-state index is 12.7. The molecule has 1 atom stereocenters. The second-order valence-corrected chi connectivity index (χ2v) is 5.99. The molecule has 0 aromatic heterocycles. The van der Waals surface area contributed by atoms with E-state index in [1.54, 1.807) is 23.1 Å². The van der Waals surface area contributed by atoms with Crippen LogP contribution in [0, 0.1) is 0 Å². The van der Waals surface area contributed by atoms with E-state index in [9.17, 15) is 9.59 Å². The fourth-order valence-electron chi connectivity index (χ4n) is 3.07. The van der Waals surface area contributed by atoms with Gasteiger partial charge in [0.05, 0.1) is 10.7 Å². The van der Waals surface area contributed by atoms with E-state index in [0.717, 1.165) is 19.4 Å². The van der Waals surface area contributed by atoms with Crippen LogP contribution in [0.1, 0.15) is 23.2 Å². The molecule has 3 rings (SSSR count). The SMILES string of the molecule is Cl.NCC1CCCN1C(=O)c1ccc(Cl)c(N2CCNC2=O)c1. The summed E-state index contributed by atoms with van der Waals surface area (Å²) in [6, 6.07) is 4.98. The van der Waals surface area contributed by atoms with Crippen LogP contribution in [-0.2, 0) is 0 Å². The zero-order chi connectivity index (χ0) is 15.7. The van der Waals surface area contributed by atoms with E-state index in [2.05, 4.69) is 5.32 Å². The summed E-state index contributed by atoms with van der Waals surface area (Å²) in [6.45, 7) is 2.32. The largest absolute Gasteiger partial charge is 0.336 e. The molecule has 0 radical (unpaired) electrons. The number of carbonyl (C=O) groups is 2. The van der Waals surface area contributed by atoms with Crippen LogP contribution in [0.25, 0.3) is 0 Å². The molecule has 1 aromatic carbocycles. The topological polar surface area (TPSA) is 78.7 Å². The Morgan fingerprint density at radius 2 is 2.17 bits per heavy atom. The maximum atomic E-state index is 12.7. The summed E-state index contributed by atoms with van der Waals surface area (Å²) >= 11 is 6.20. The third kappa shape index (κ3) is 3.39. The lowest BCUT2D eigenvalue weighted by Crippen LogP contribution is -2.40. The van der Waals surface area contributed by atoms with Gasteiger partial charge in [-0.2, -0.15) is 0 Å². The van der Waals surface area contributed by atoms with Crippen LogP contribution in [-0.4, -0.2) is 49.1 Å². The summed E-state index contributed by atoms with van der Waals surface area (Å²) in [5.74, 6) is -0.0505. The summed E-state index contributed by atoms with van der Waals surface area (Å²) in [7, 11) is 0. The zero-order valence-corrected chi connectivity index (χ0v) is 14.2. The first-order chi connectivity index (χ1) is 10.6. The number of amides is 3. The molecule has 6 nitrogen and oxygen atoms in total. The van der Waals surface area contributed by atoms with Gasteiger partial charge in [0.25, 0.3) is 5.91 Å². The summed E-state index contributed by atoms with van der Waals surface area (Å²) in [6.07, 6.45) is 1.92. The van der Waals surface area contributed by atoms with Gasteiger partial charge in [0.15, 0.2) is 0 Å². The zero-order valence-electron chi connectivity index (χ0n) is 12.6. The van der Waals surface area contributed by atoms with Gasteiger partial charge in [-0.05, 0) is 31.0 Å². The number of carbonyl (C=O) groups excluding carboxylic acids is 2. The first-order valence-corrected chi connectivity index (χ1v) is 7.85. The number of nitrogens with two attached hydrogens (primary N) is 1. The molecule has 23 heavy (non-hydrogen) atoms. The van der Waals surface area contributed by atoms with Gasteiger partial charge in [-0.15, -0.1) is 12.4 Å². The molecule has 2 aliphatic rings. The van der Waals surface area contributed by atoms with Gasteiger partial charge in [-0.3, -0.25) is 9.69 Å². The molecule has 0 bridgehead atoms. The maximum Gasteiger partial charge on any atom is 0.322 e. The molecule has 3 N–H and O–H groups in total. The smallest absolute Gasteiger partial charge is 0.322 e. The summed E-state index contributed by atoms with van der Waals surface area (Å²) < 4.78 is 0. The van der Waals surface area contributed by atoms with Crippen LogP contribution in [0.2, 0.25) is 5.02 Å². The van der Waals surface area contributed by atoms with Crippen molar-refractivity contribution in [3.05, 3.63) is 28.8 Å². The Labute approximate surface area is 146 Å². The van der Waals surface area contributed by atoms with Gasteiger partial charge in [-0.1, -0.05) is 11.6 Å². The number of likely N-dealkylation sites (tertiary alicyclic amines) is 1. The van der Waals surface area contributed by atoms with Crippen LogP contribution < -0.4 is 16.0 Å². The van der Waals surface area contributed by atoms with Crippen molar-refractivity contribution in [2.75, 3.05) is 31.1 Å². The molecule has 2 saturated heterocycles. The molecule has 8 heteroatoms. The van der Waals surface area contributed by atoms with E-state index in [1.807, 2.05) is 4.90 Å². The van der Waals surface area contributed by atoms with Crippen molar-refractivity contribution in [1.82, 2.24) is 10.2 Å². The highest BCUT2D eigenvalue weighted by Gasteiger charge is 2.30. The van der Waals surface area contributed by atoms with E-state index < -0.39 is 0 Å². The lowest BCUT2D eigenvalue weighted by atomic mass is 10.1. The standard InChI is InChI=1S/C15H19ClN4O2.ClH/c16-12-4-3-10(8-13(12)20-7-5-18-15(20)22)14(21)19-6-1-2-11(19)9-17;/h3-4,8,11H,1-2,5-7,9,17H2,(H,18,22);1H. The number of anilines is 1. The Kier molecular flexibility index (Phi) is 5.73. The minimum absolute atomic E-state index is 0. The van der Waals surface area contributed by atoms with Gasteiger partial charge in [0, 0.05) is 37.8 Å². The van der Waals surface area contributed by atoms with Gasteiger partial charge in [-0.25, -0.2) is 4.79 Å². The highest BCUT2D eigenvalue weighted by molar-refractivity contribution is 6.34. The normalized spacial score (nSPS) is 20.4. The molecule has 0 spiro atoms. The van der Waals surface area contributed by atoms with Crippen LogP contribution in [0.15, 0.2) is 18.2 Å². The molecule has 0 aliphatic carbocycles. The number of hydrogen-bond acceptors (Lipinski definition) is 3. The minimum atomic E-state index is -0.187. The minimum Gasteiger partial charge on any atom is -0.336 e. The Balaban J connectivity index is 0.00000192. The second-order valence-electron chi connectivity index (χ2n) is 5.58. The number of halogens is 2. The summed E-state index contributed by atoms with van der Waals surface area (Å²) in [4.78, 5) is 27.9. The molecular formula is C15H20Cl2N4O2. The molecule has 126 valence electrons. The molecule has 0 saturated carbocycles. The van der Waals surface area contributed by atoms with Crippen molar-refractivity contribution in [3.8, 4) is 0 Å². The fourth-order valence-corrected chi connectivity index (χ4v) is 3.29. The molecule has 1 unspecified atom stereocenters. The molecule has 3 amide bonds. The van der Waals surface area contributed by atoms with Crippen LogP contribution in [0.3, 0.4) is 0 Å². The van der Waals surface area contributed by atoms with Crippen molar-refractivity contribution in [2.24, 2.45) is 5.73 Å². The predicted octanol–water partition coefficient (Wildman–Crippen LogP) is 1.85. The first kappa shape index (κ1) is 17.8. The summed E-state index contributed by atoms with van der Waals surface area (Å²) in [5.41, 5.74) is 6.85. The first-order valence-electron chi connectivity index (χ1n) is 7.48. The van der Waals surface area contributed by atoms with E-state index >= 15 is 0 Å². The third-order valence-corrected chi connectivity index (χ3v) is 4.57. The number of nitrogens with one attached hydrogen (secondary N) is 1. The van der Waals surface area contributed by atoms with Gasteiger partial charge in [0.2, 0.25) is 0 Å². The highest BCUT2D eigenvalue weighted by atomic mass is 35.5. The molecule has 2 heterocycles. The Bertz CT molecular complexity index is 611. The fraction of sp³-hybridized carbons (Fsp3) is 0.467. The Hall–Kier alpha value is -1.50. The highest BCUT2D eigenvalue weighted by Crippen LogP contribution is 2.29. The quantitative estimate of drug-likeness (QED) is 0.865. The molecule has 1 aromatic rings. The van der Waals surface area contributed by atoms with E-state index in [1.165, 1.54) is 0 Å². The number of benzene rings is 1. The second kappa shape index (κ2) is 7.38. The number of hydrogen-bond donors (Lipinski definition) is 2. The number of urea groups is 1. The summed E-state index contributed by atoms with van der Waals surface area (Å²) in [5, 5.41) is 3.20. The number of rotatable bonds is 3. The lowest BCUT2D eigenvalue weighted by Gasteiger charge is -2.24. The third-order valence-electron chi connectivity index (χ3n) is 4.25. The van der Waals surface area contributed by atoms with Crippen LogP contribution >= 0.6 is 24.0 Å². The van der Waals surface area contributed by atoms with Crippen LogP contribution in [0.5, 0.6) is 0 Å². The van der Waals surface area contributed by atoms with Gasteiger partial charge >= 0.3 is 6.03 Å². The average Bonchev–Trinajstić information content (AvgIpc) is 3.15. The van der Waals surface area contributed by atoms with Gasteiger partial charge in [0.1, 0.15) is 0 Å². The van der Waals surface area contributed by atoms with Crippen molar-refractivity contribution in [3.63, 3.8) is 0 Å². The van der Waals surface area contributed by atoms with Gasteiger partial charge < -0.3 is 16.0 Å². The monoisotopic (exact) mass is 358 g/mol. The van der Waals surface area contributed by atoms with E-state index in [4.69, 9.17) is 17.3 Å². The van der Waals surface area contributed by atoms with Crippen molar-refractivity contribution in [2.45, 2.75) is 18.9 Å². The predicted molar refractivity (Wildman–Crippen MR) is 92.6 cm³/mol. The Morgan fingerprint density at radius 3 is 2.83 bits per heavy atom. The molecule has 2 fully saturated rings. The van der Waals surface area contributed by atoms with Crippen molar-refractivity contribution < 1.29 is 9.59 Å².